The highest BCUT2D eigenvalue weighted by Crippen LogP contribution is 2.87. The zero-order valence-corrected chi connectivity index (χ0v) is 20.4. The van der Waals surface area contributed by atoms with Crippen LogP contribution in [-0.2, 0) is 9.47 Å². The van der Waals surface area contributed by atoms with E-state index < -0.39 is 6.09 Å². The second kappa shape index (κ2) is 6.65. The Morgan fingerprint density at radius 2 is 1.84 bits per heavy atom. The fourth-order valence-corrected chi connectivity index (χ4v) is 11.2. The summed E-state index contributed by atoms with van der Waals surface area (Å²) in [6.45, 7) is 9.97. The van der Waals surface area contributed by atoms with E-state index in [9.17, 15) is 9.90 Å². The van der Waals surface area contributed by atoms with Crippen LogP contribution in [0.5, 0.6) is 0 Å². The molecular formula is C27H43NO4. The van der Waals surface area contributed by atoms with Gasteiger partial charge in [0.15, 0.2) is 0 Å². The topological polar surface area (TPSA) is 81.8 Å². The van der Waals surface area contributed by atoms with Crippen molar-refractivity contribution in [3.8, 4) is 0 Å². The summed E-state index contributed by atoms with van der Waals surface area (Å²) < 4.78 is 11.7. The van der Waals surface area contributed by atoms with Gasteiger partial charge in [0.25, 0.3) is 0 Å². The average molecular weight is 446 g/mol. The first kappa shape index (κ1) is 21.7. The molecule has 180 valence electrons. The zero-order valence-electron chi connectivity index (χ0n) is 20.4. The molecule has 1 heterocycles. The van der Waals surface area contributed by atoms with Crippen molar-refractivity contribution in [2.75, 3.05) is 6.61 Å². The molecule has 5 aliphatic carbocycles. The Balaban J connectivity index is 1.26. The van der Waals surface area contributed by atoms with Crippen LogP contribution < -0.4 is 5.73 Å². The molecule has 0 aromatic heterocycles. The molecule has 1 aliphatic heterocycles. The molecule has 0 aromatic rings. The van der Waals surface area contributed by atoms with Crippen molar-refractivity contribution < 1.29 is 19.4 Å². The second-order valence-corrected chi connectivity index (χ2v) is 13.6. The van der Waals surface area contributed by atoms with Gasteiger partial charge >= 0.3 is 6.09 Å². The monoisotopic (exact) mass is 445 g/mol. The Bertz CT molecular complexity index is 813. The van der Waals surface area contributed by atoms with Crippen molar-refractivity contribution >= 4 is 6.09 Å². The molecule has 6 aliphatic rings. The van der Waals surface area contributed by atoms with Gasteiger partial charge < -0.3 is 20.3 Å². The fourth-order valence-electron chi connectivity index (χ4n) is 11.2. The predicted octanol–water partition coefficient (Wildman–Crippen LogP) is 4.90. The first-order valence-electron chi connectivity index (χ1n) is 13.3. The summed E-state index contributed by atoms with van der Waals surface area (Å²) >= 11 is 0. The SMILES string of the molecule is C[C@@H]1CC(COC(N)=O)OC2CC3C4CCC5C(C)(C)C(O)CCC56CC46CCC3(C)C21. The number of fused-ring (bicyclic) bond motifs is 4. The highest BCUT2D eigenvalue weighted by molar-refractivity contribution is 5.64. The highest BCUT2D eigenvalue weighted by Gasteiger charge is 2.80. The lowest BCUT2D eigenvalue weighted by Gasteiger charge is -2.59. The number of carbonyl (C=O) groups is 1. The van der Waals surface area contributed by atoms with Crippen molar-refractivity contribution in [2.24, 2.45) is 57.0 Å². The predicted molar refractivity (Wildman–Crippen MR) is 122 cm³/mol. The van der Waals surface area contributed by atoms with Gasteiger partial charge in [-0.1, -0.05) is 27.7 Å². The van der Waals surface area contributed by atoms with Gasteiger partial charge in [0.2, 0.25) is 0 Å². The Morgan fingerprint density at radius 3 is 2.59 bits per heavy atom. The summed E-state index contributed by atoms with van der Waals surface area (Å²) in [5.74, 6) is 3.47. The van der Waals surface area contributed by atoms with E-state index in [1.807, 2.05) is 0 Å². The van der Waals surface area contributed by atoms with Gasteiger partial charge in [0.1, 0.15) is 6.61 Å². The lowest BCUT2D eigenvalue weighted by Crippen LogP contribution is -2.54. The number of amides is 1. The van der Waals surface area contributed by atoms with Gasteiger partial charge in [-0.05, 0) is 109 Å². The van der Waals surface area contributed by atoms with Gasteiger partial charge in [0, 0.05) is 0 Å². The number of aliphatic hydroxyl groups excluding tert-OH is 1. The summed E-state index contributed by atoms with van der Waals surface area (Å²) in [6.07, 6.45) is 10.6. The Kier molecular flexibility index (Phi) is 4.51. The molecular weight excluding hydrogens is 402 g/mol. The number of carbonyl (C=O) groups excluding carboxylic acids is 1. The minimum Gasteiger partial charge on any atom is -0.447 e. The third-order valence-electron chi connectivity index (χ3n) is 12.4. The summed E-state index contributed by atoms with van der Waals surface area (Å²) in [5, 5.41) is 10.8. The normalized spacial score (nSPS) is 57.3. The first-order chi connectivity index (χ1) is 15.0. The molecule has 3 N–H and O–H groups in total. The molecule has 1 amide bonds. The van der Waals surface area contributed by atoms with E-state index in [-0.39, 0.29) is 17.6 Å². The van der Waals surface area contributed by atoms with Crippen LogP contribution in [0.4, 0.5) is 4.79 Å². The number of primary amides is 1. The Labute approximate surface area is 193 Å². The minimum absolute atomic E-state index is 0.0138. The molecule has 5 nitrogen and oxygen atoms in total. The van der Waals surface area contributed by atoms with Crippen LogP contribution >= 0.6 is 0 Å². The maximum atomic E-state index is 11.1. The third kappa shape index (κ3) is 2.56. The van der Waals surface area contributed by atoms with Gasteiger partial charge in [0.05, 0.1) is 18.3 Å². The van der Waals surface area contributed by atoms with E-state index in [4.69, 9.17) is 15.2 Å². The number of ether oxygens (including phenoxy) is 2. The minimum atomic E-state index is -0.700. The lowest BCUT2D eigenvalue weighted by molar-refractivity contribution is -0.146. The van der Waals surface area contributed by atoms with Crippen LogP contribution in [0.25, 0.3) is 0 Å². The van der Waals surface area contributed by atoms with E-state index in [1.165, 1.54) is 44.9 Å². The van der Waals surface area contributed by atoms with Crippen molar-refractivity contribution in [2.45, 2.75) is 104 Å². The Hall–Kier alpha value is -0.810. The van der Waals surface area contributed by atoms with Crippen molar-refractivity contribution in [3.05, 3.63) is 0 Å². The van der Waals surface area contributed by atoms with Crippen LogP contribution in [0.1, 0.15) is 85.5 Å². The van der Waals surface area contributed by atoms with Crippen LogP contribution in [0.3, 0.4) is 0 Å². The number of hydrogen-bond donors (Lipinski definition) is 2. The molecule has 6 rings (SSSR count). The molecule has 6 fully saturated rings. The summed E-state index contributed by atoms with van der Waals surface area (Å²) in [7, 11) is 0. The van der Waals surface area contributed by atoms with Gasteiger partial charge in [-0.15, -0.1) is 0 Å². The molecule has 2 spiro atoms. The lowest BCUT2D eigenvalue weighted by atomic mass is 9.46. The standard InChI is InChI=1S/C27H43NO4/c1-15-11-16(13-31-23(28)30)32-19-12-18-17-5-6-20-24(2,3)21(29)7-8-27(20)14-26(17,27)10-9-25(18,4)22(15)19/h15-22,29H,5-14H2,1-4H3,(H2,28,30)/t15-,16?,17?,18?,19?,20?,21?,22?,25?,26?,27?/m1/s1. The van der Waals surface area contributed by atoms with E-state index >= 15 is 0 Å². The fraction of sp³-hybridized carbons (Fsp3) is 0.963. The largest absolute Gasteiger partial charge is 0.447 e. The summed E-state index contributed by atoms with van der Waals surface area (Å²) in [6, 6.07) is 0. The van der Waals surface area contributed by atoms with Gasteiger partial charge in [-0.2, -0.15) is 0 Å². The van der Waals surface area contributed by atoms with Crippen molar-refractivity contribution in [1.29, 1.82) is 0 Å². The molecule has 0 bridgehead atoms. The molecule has 10 unspecified atom stereocenters. The van der Waals surface area contributed by atoms with Crippen molar-refractivity contribution in [3.63, 3.8) is 0 Å². The van der Waals surface area contributed by atoms with E-state index in [0.29, 0.717) is 46.7 Å². The number of hydrogen-bond acceptors (Lipinski definition) is 4. The first-order valence-corrected chi connectivity index (χ1v) is 13.3. The maximum absolute atomic E-state index is 11.1. The third-order valence-corrected chi connectivity index (χ3v) is 12.4. The van der Waals surface area contributed by atoms with Crippen LogP contribution in [-0.4, -0.2) is 36.1 Å². The molecule has 1 saturated heterocycles. The molecule has 32 heavy (non-hydrogen) atoms. The van der Waals surface area contributed by atoms with E-state index in [2.05, 4.69) is 27.7 Å². The van der Waals surface area contributed by atoms with E-state index in [0.717, 1.165) is 24.7 Å². The molecule has 5 saturated carbocycles. The number of nitrogens with two attached hydrogens (primary N) is 1. The number of rotatable bonds is 2. The van der Waals surface area contributed by atoms with Crippen molar-refractivity contribution in [1.82, 2.24) is 0 Å². The van der Waals surface area contributed by atoms with Crippen LogP contribution in [0.2, 0.25) is 0 Å². The molecule has 0 radical (unpaired) electrons. The molecule has 5 heteroatoms. The Morgan fingerprint density at radius 1 is 1.06 bits per heavy atom. The second-order valence-electron chi connectivity index (χ2n) is 13.6. The van der Waals surface area contributed by atoms with E-state index in [1.54, 1.807) is 0 Å². The molecule has 0 aromatic carbocycles. The smallest absolute Gasteiger partial charge is 0.404 e. The molecule has 11 atom stereocenters. The van der Waals surface area contributed by atoms with Crippen LogP contribution in [0.15, 0.2) is 0 Å². The van der Waals surface area contributed by atoms with Gasteiger partial charge in [-0.25, -0.2) is 4.79 Å². The summed E-state index contributed by atoms with van der Waals surface area (Å²) in [4.78, 5) is 11.1. The van der Waals surface area contributed by atoms with Gasteiger partial charge in [-0.3, -0.25) is 0 Å². The average Bonchev–Trinajstić information content (AvgIpc) is 3.29. The maximum Gasteiger partial charge on any atom is 0.404 e. The highest BCUT2D eigenvalue weighted by atomic mass is 16.6. The number of aliphatic hydroxyl groups is 1. The quantitative estimate of drug-likeness (QED) is 0.634. The van der Waals surface area contributed by atoms with Crippen LogP contribution in [0, 0.1) is 51.2 Å². The zero-order chi connectivity index (χ0) is 22.7. The summed E-state index contributed by atoms with van der Waals surface area (Å²) in [5.41, 5.74) is 6.67.